The zero-order valence-corrected chi connectivity index (χ0v) is 12.7. The first kappa shape index (κ1) is 15.6. The summed E-state index contributed by atoms with van der Waals surface area (Å²) in [6.45, 7) is 2.00. The largest absolute Gasteiger partial charge is 0.478 e. The number of aromatic nitrogens is 2. The third-order valence-electron chi connectivity index (χ3n) is 3.48. The molecule has 0 saturated carbocycles. The predicted molar refractivity (Wildman–Crippen MR) is 79.3 cm³/mol. The molecular weight excluding hydrogens is 294 g/mol. The number of hydrogen-bond donors (Lipinski definition) is 2. The Morgan fingerprint density at radius 3 is 2.76 bits per heavy atom. The van der Waals surface area contributed by atoms with Gasteiger partial charge >= 0.3 is 5.97 Å². The zero-order chi connectivity index (χ0) is 15.6. The van der Waals surface area contributed by atoms with Crippen LogP contribution >= 0.6 is 0 Å². The Morgan fingerprint density at radius 1 is 1.43 bits per heavy atom. The van der Waals surface area contributed by atoms with Crippen LogP contribution in [0.5, 0.6) is 0 Å². The van der Waals surface area contributed by atoms with Crippen LogP contribution in [0.1, 0.15) is 44.0 Å². The van der Waals surface area contributed by atoms with Gasteiger partial charge in [-0.15, -0.1) is 0 Å². The number of anilines is 1. The number of fused-ring (bicyclic) bond motifs is 1. The van der Waals surface area contributed by atoms with E-state index in [1.165, 1.54) is 6.08 Å². The van der Waals surface area contributed by atoms with Crippen molar-refractivity contribution in [2.75, 3.05) is 11.5 Å². The minimum atomic E-state index is -3.55. The fourth-order valence-electron chi connectivity index (χ4n) is 2.42. The van der Waals surface area contributed by atoms with Gasteiger partial charge in [0.15, 0.2) is 0 Å². The molecule has 1 aromatic rings. The van der Waals surface area contributed by atoms with Crippen molar-refractivity contribution in [2.45, 2.75) is 39.0 Å². The molecule has 8 heteroatoms. The van der Waals surface area contributed by atoms with Crippen LogP contribution in [-0.4, -0.2) is 34.2 Å². The molecule has 0 fully saturated rings. The average molecular weight is 313 g/mol. The number of nitrogens with zero attached hydrogens (tertiary/aromatic N) is 2. The number of imidazole rings is 1. The predicted octanol–water partition coefficient (Wildman–Crippen LogP) is 1.25. The highest BCUT2D eigenvalue weighted by Gasteiger charge is 2.27. The Morgan fingerprint density at radius 2 is 2.14 bits per heavy atom. The van der Waals surface area contributed by atoms with Crippen molar-refractivity contribution >= 4 is 28.0 Å². The normalized spacial score (nSPS) is 14.6. The molecule has 0 aliphatic heterocycles. The Hall–Kier alpha value is -1.83. The molecular formula is C13H19N3O4S. The smallest absolute Gasteiger partial charge is 0.331 e. The third kappa shape index (κ3) is 3.10. The quantitative estimate of drug-likeness (QED) is 0.764. The van der Waals surface area contributed by atoms with Crippen LogP contribution in [0.2, 0.25) is 0 Å². The number of hydrogen-bond acceptors (Lipinski definition) is 5. The van der Waals surface area contributed by atoms with Crippen molar-refractivity contribution < 1.29 is 18.3 Å². The Balaban J connectivity index is 2.38. The van der Waals surface area contributed by atoms with E-state index in [0.717, 1.165) is 16.8 Å². The summed E-state index contributed by atoms with van der Waals surface area (Å²) in [6.07, 6.45) is 4.32. The van der Waals surface area contributed by atoms with E-state index in [0.29, 0.717) is 24.2 Å². The summed E-state index contributed by atoms with van der Waals surface area (Å²) in [5, 5.41) is 8.99. The van der Waals surface area contributed by atoms with Crippen LogP contribution in [0.4, 0.5) is 5.95 Å². The van der Waals surface area contributed by atoms with E-state index in [1.54, 1.807) is 0 Å². The summed E-state index contributed by atoms with van der Waals surface area (Å²) in [7, 11) is -3.55. The number of carboxylic acid groups (broad SMARTS) is 1. The molecule has 0 spiro atoms. The molecule has 2 rings (SSSR count). The highest BCUT2D eigenvalue weighted by Crippen LogP contribution is 2.27. The minimum Gasteiger partial charge on any atom is -0.478 e. The number of aliphatic carboxylic acids is 1. The van der Waals surface area contributed by atoms with Crippen molar-refractivity contribution in [3.8, 4) is 0 Å². The number of carbonyl (C=O) groups is 1. The molecule has 21 heavy (non-hydrogen) atoms. The number of nitrogen functional groups attached to an aromatic ring is 1. The van der Waals surface area contributed by atoms with Gasteiger partial charge in [-0.05, 0) is 25.3 Å². The van der Waals surface area contributed by atoms with E-state index in [9.17, 15) is 13.2 Å². The second kappa shape index (κ2) is 5.88. The van der Waals surface area contributed by atoms with E-state index in [2.05, 4.69) is 4.98 Å². The highest BCUT2D eigenvalue weighted by molar-refractivity contribution is 7.90. The fourth-order valence-corrected chi connectivity index (χ4v) is 4.01. The minimum absolute atomic E-state index is 0.0172. The Bertz CT molecular complexity index is 689. The molecule has 7 nitrogen and oxygen atoms in total. The molecule has 0 atom stereocenters. The van der Waals surface area contributed by atoms with Crippen molar-refractivity contribution in [3.05, 3.63) is 17.0 Å². The fraction of sp³-hybridized carbons (Fsp3) is 0.538. The van der Waals surface area contributed by atoms with E-state index < -0.39 is 16.0 Å². The van der Waals surface area contributed by atoms with Gasteiger partial charge in [0.1, 0.15) is 0 Å². The van der Waals surface area contributed by atoms with Gasteiger partial charge in [-0.1, -0.05) is 19.8 Å². The standard InChI is InChI=1S/C13H19N3O4S/c1-2-3-4-7-21(19,20)16-11-6-5-9(12(17)18)8-10(11)15-13(16)14/h8H,2-7H2,1H3,(H2,14,15)(H,17,18). The maximum Gasteiger partial charge on any atom is 0.331 e. The Labute approximate surface area is 123 Å². The molecule has 0 radical (unpaired) electrons. The lowest BCUT2D eigenvalue weighted by Crippen LogP contribution is -2.22. The highest BCUT2D eigenvalue weighted by atomic mass is 32.2. The summed E-state index contributed by atoms with van der Waals surface area (Å²) in [4.78, 5) is 15.0. The lowest BCUT2D eigenvalue weighted by atomic mass is 10.0. The topological polar surface area (TPSA) is 115 Å². The van der Waals surface area contributed by atoms with Gasteiger partial charge < -0.3 is 10.8 Å². The zero-order valence-electron chi connectivity index (χ0n) is 11.9. The average Bonchev–Trinajstić information content (AvgIpc) is 2.74. The summed E-state index contributed by atoms with van der Waals surface area (Å²) in [5.41, 5.74) is 6.77. The second-order valence-electron chi connectivity index (χ2n) is 5.06. The number of unbranched alkanes of at least 4 members (excludes halogenated alkanes) is 2. The van der Waals surface area contributed by atoms with E-state index in [-0.39, 0.29) is 23.7 Å². The summed E-state index contributed by atoms with van der Waals surface area (Å²) in [6, 6.07) is 0. The van der Waals surface area contributed by atoms with E-state index in [4.69, 9.17) is 10.8 Å². The molecule has 1 heterocycles. The first-order chi connectivity index (χ1) is 9.86. The van der Waals surface area contributed by atoms with Crippen LogP contribution in [-0.2, 0) is 21.2 Å². The third-order valence-corrected chi connectivity index (χ3v) is 5.25. The van der Waals surface area contributed by atoms with Crippen molar-refractivity contribution in [1.82, 2.24) is 8.96 Å². The van der Waals surface area contributed by atoms with Crippen LogP contribution in [0.15, 0.2) is 5.57 Å². The summed E-state index contributed by atoms with van der Waals surface area (Å²) >= 11 is 0. The second-order valence-corrected chi connectivity index (χ2v) is 7.00. The molecule has 0 bridgehead atoms. The number of carboxylic acids is 1. The van der Waals surface area contributed by atoms with Gasteiger partial charge in [0.05, 0.1) is 17.1 Å². The molecule has 0 unspecified atom stereocenters. The SMILES string of the molecule is CCCCCS(=O)(=O)n1c(N)nc2c1CCC(C(=O)O)=C2. The van der Waals surface area contributed by atoms with Crippen LogP contribution in [0, 0.1) is 0 Å². The first-order valence-corrected chi connectivity index (χ1v) is 8.52. The molecule has 1 aliphatic rings. The first-order valence-electron chi connectivity index (χ1n) is 6.91. The maximum atomic E-state index is 12.4. The molecule has 3 N–H and O–H groups in total. The van der Waals surface area contributed by atoms with Crippen LogP contribution < -0.4 is 5.73 Å². The van der Waals surface area contributed by atoms with Crippen molar-refractivity contribution in [1.29, 1.82) is 0 Å². The lowest BCUT2D eigenvalue weighted by Gasteiger charge is -2.14. The summed E-state index contributed by atoms with van der Waals surface area (Å²) in [5.74, 6) is -1.09. The Kier molecular flexibility index (Phi) is 4.36. The van der Waals surface area contributed by atoms with Gasteiger partial charge in [-0.2, -0.15) is 0 Å². The number of nitrogens with two attached hydrogens (primary N) is 1. The monoisotopic (exact) mass is 313 g/mol. The van der Waals surface area contributed by atoms with E-state index >= 15 is 0 Å². The van der Waals surface area contributed by atoms with Gasteiger partial charge in [0, 0.05) is 5.57 Å². The van der Waals surface area contributed by atoms with Crippen LogP contribution in [0.25, 0.3) is 6.08 Å². The molecule has 116 valence electrons. The molecule has 1 aromatic heterocycles. The van der Waals surface area contributed by atoms with Gasteiger partial charge in [0.25, 0.3) is 0 Å². The lowest BCUT2D eigenvalue weighted by molar-refractivity contribution is -0.132. The van der Waals surface area contributed by atoms with Crippen molar-refractivity contribution in [3.63, 3.8) is 0 Å². The van der Waals surface area contributed by atoms with Gasteiger partial charge in [0.2, 0.25) is 16.0 Å². The maximum absolute atomic E-state index is 12.4. The van der Waals surface area contributed by atoms with Gasteiger partial charge in [-0.25, -0.2) is 22.2 Å². The molecule has 0 saturated heterocycles. The number of rotatable bonds is 6. The molecule has 0 aromatic carbocycles. The molecule has 0 amide bonds. The molecule has 1 aliphatic carbocycles. The van der Waals surface area contributed by atoms with Crippen molar-refractivity contribution in [2.24, 2.45) is 0 Å². The summed E-state index contributed by atoms with van der Waals surface area (Å²) < 4.78 is 25.8. The van der Waals surface area contributed by atoms with E-state index in [1.807, 2.05) is 6.92 Å². The van der Waals surface area contributed by atoms with Crippen LogP contribution in [0.3, 0.4) is 0 Å². The van der Waals surface area contributed by atoms with Gasteiger partial charge in [-0.3, -0.25) is 0 Å².